The molecule has 0 aromatic carbocycles. The minimum atomic E-state index is -0.552. The van der Waals surface area contributed by atoms with E-state index in [0.717, 1.165) is 10.0 Å². The van der Waals surface area contributed by atoms with Gasteiger partial charge in [0.15, 0.2) is 0 Å². The lowest BCUT2D eigenvalue weighted by Crippen LogP contribution is -2.14. The molecule has 68 valence electrons. The molecule has 0 aliphatic carbocycles. The number of hydrogen-bond donors (Lipinski definition) is 0. The molecule has 1 rings (SSSR count). The van der Waals surface area contributed by atoms with Crippen molar-refractivity contribution in [2.24, 2.45) is 4.99 Å². The van der Waals surface area contributed by atoms with Crippen molar-refractivity contribution in [1.29, 1.82) is 0 Å². The Bertz CT molecular complexity index is 356. The SMILES string of the molecule is CC(C)(N=C=O)c1ccncc1Br. The van der Waals surface area contributed by atoms with Gasteiger partial charge in [0.2, 0.25) is 6.08 Å². The molecular formula is C9H9BrN2O. The van der Waals surface area contributed by atoms with Crippen LogP contribution in [0, 0.1) is 0 Å². The third kappa shape index (κ3) is 2.23. The first-order valence-corrected chi connectivity index (χ1v) is 4.56. The predicted molar refractivity (Wildman–Crippen MR) is 53.1 cm³/mol. The lowest BCUT2D eigenvalue weighted by molar-refractivity contribution is 0.521. The zero-order chi connectivity index (χ0) is 9.90. The second-order valence-electron chi connectivity index (χ2n) is 3.12. The first-order valence-electron chi connectivity index (χ1n) is 3.77. The van der Waals surface area contributed by atoms with Crippen LogP contribution in [-0.2, 0) is 10.3 Å². The summed E-state index contributed by atoms with van der Waals surface area (Å²) in [7, 11) is 0. The zero-order valence-corrected chi connectivity index (χ0v) is 9.00. The number of pyridine rings is 1. The maximum Gasteiger partial charge on any atom is 0.235 e. The van der Waals surface area contributed by atoms with Gasteiger partial charge < -0.3 is 0 Å². The van der Waals surface area contributed by atoms with Gasteiger partial charge in [-0.2, -0.15) is 4.99 Å². The van der Waals surface area contributed by atoms with Crippen LogP contribution < -0.4 is 0 Å². The molecule has 0 spiro atoms. The van der Waals surface area contributed by atoms with Crippen molar-refractivity contribution in [3.05, 3.63) is 28.5 Å². The van der Waals surface area contributed by atoms with E-state index in [9.17, 15) is 4.79 Å². The summed E-state index contributed by atoms with van der Waals surface area (Å²) < 4.78 is 0.846. The quantitative estimate of drug-likeness (QED) is 0.589. The lowest BCUT2D eigenvalue weighted by Gasteiger charge is -2.18. The number of halogens is 1. The van der Waals surface area contributed by atoms with E-state index in [-0.39, 0.29) is 0 Å². The van der Waals surface area contributed by atoms with E-state index in [4.69, 9.17) is 0 Å². The van der Waals surface area contributed by atoms with E-state index in [1.807, 2.05) is 19.9 Å². The highest BCUT2D eigenvalue weighted by Crippen LogP contribution is 2.29. The van der Waals surface area contributed by atoms with Crippen LogP contribution in [0.4, 0.5) is 0 Å². The maximum atomic E-state index is 10.2. The van der Waals surface area contributed by atoms with E-state index in [0.29, 0.717) is 0 Å². The first-order chi connectivity index (χ1) is 6.08. The number of aromatic nitrogens is 1. The fraction of sp³-hybridized carbons (Fsp3) is 0.333. The molecule has 0 N–H and O–H groups in total. The largest absolute Gasteiger partial charge is 0.264 e. The van der Waals surface area contributed by atoms with Gasteiger partial charge in [0.05, 0.1) is 5.54 Å². The Kier molecular flexibility index (Phi) is 2.96. The van der Waals surface area contributed by atoms with Gasteiger partial charge >= 0.3 is 0 Å². The molecule has 0 aliphatic heterocycles. The molecule has 1 heterocycles. The van der Waals surface area contributed by atoms with Gasteiger partial charge in [-0.3, -0.25) is 4.98 Å². The summed E-state index contributed by atoms with van der Waals surface area (Å²) in [4.78, 5) is 17.8. The molecular weight excluding hydrogens is 232 g/mol. The average Bonchev–Trinajstić information content (AvgIpc) is 2.04. The number of carbonyl (C=O) groups excluding carboxylic acids is 1. The van der Waals surface area contributed by atoms with Crippen molar-refractivity contribution in [2.45, 2.75) is 19.4 Å². The molecule has 0 unspecified atom stereocenters. The summed E-state index contributed by atoms with van der Waals surface area (Å²) in [5, 5.41) is 0. The highest BCUT2D eigenvalue weighted by atomic mass is 79.9. The minimum absolute atomic E-state index is 0.552. The Morgan fingerprint density at radius 1 is 1.62 bits per heavy atom. The van der Waals surface area contributed by atoms with Crippen molar-refractivity contribution in [2.75, 3.05) is 0 Å². The van der Waals surface area contributed by atoms with E-state index in [1.165, 1.54) is 0 Å². The van der Waals surface area contributed by atoms with Crippen LogP contribution >= 0.6 is 15.9 Å². The summed E-state index contributed by atoms with van der Waals surface area (Å²) >= 11 is 3.35. The van der Waals surface area contributed by atoms with Gasteiger partial charge in [-0.15, -0.1) is 0 Å². The topological polar surface area (TPSA) is 42.3 Å². The van der Waals surface area contributed by atoms with Gasteiger partial charge in [0, 0.05) is 16.9 Å². The van der Waals surface area contributed by atoms with Crippen LogP contribution in [0.1, 0.15) is 19.4 Å². The van der Waals surface area contributed by atoms with Crippen LogP contribution in [0.25, 0.3) is 0 Å². The van der Waals surface area contributed by atoms with Gasteiger partial charge in [0.1, 0.15) is 0 Å². The molecule has 13 heavy (non-hydrogen) atoms. The molecule has 0 radical (unpaired) electrons. The monoisotopic (exact) mass is 240 g/mol. The molecule has 0 atom stereocenters. The van der Waals surface area contributed by atoms with Crippen LogP contribution in [0.5, 0.6) is 0 Å². The van der Waals surface area contributed by atoms with E-state index >= 15 is 0 Å². The van der Waals surface area contributed by atoms with Gasteiger partial charge in [-0.05, 0) is 41.4 Å². The maximum absolute atomic E-state index is 10.2. The Balaban J connectivity index is 3.21. The minimum Gasteiger partial charge on any atom is -0.264 e. The zero-order valence-electron chi connectivity index (χ0n) is 7.41. The number of rotatable bonds is 2. The molecule has 4 heteroatoms. The Hall–Kier alpha value is -0.990. The molecule has 1 aromatic rings. The molecule has 0 bridgehead atoms. The predicted octanol–water partition coefficient (Wildman–Crippen LogP) is 2.42. The molecule has 0 fully saturated rings. The van der Waals surface area contributed by atoms with E-state index in [2.05, 4.69) is 25.9 Å². The summed E-state index contributed by atoms with van der Waals surface area (Å²) in [5.41, 5.74) is 0.370. The standard InChI is InChI=1S/C9H9BrN2O/c1-9(2,12-6-13)7-3-4-11-5-8(7)10/h3-5H,1-2H3. The van der Waals surface area contributed by atoms with Crippen molar-refractivity contribution in [1.82, 2.24) is 4.98 Å². The van der Waals surface area contributed by atoms with Gasteiger partial charge in [0.25, 0.3) is 0 Å². The van der Waals surface area contributed by atoms with Crippen LogP contribution in [0.3, 0.4) is 0 Å². The molecule has 0 saturated carbocycles. The number of nitrogens with zero attached hydrogens (tertiary/aromatic N) is 2. The number of hydrogen-bond acceptors (Lipinski definition) is 3. The van der Waals surface area contributed by atoms with Crippen molar-refractivity contribution in [3.63, 3.8) is 0 Å². The highest BCUT2D eigenvalue weighted by molar-refractivity contribution is 9.10. The second kappa shape index (κ2) is 3.81. The number of aliphatic imine (C=N–C) groups is 1. The molecule has 0 aliphatic rings. The normalized spacial score (nSPS) is 10.7. The van der Waals surface area contributed by atoms with Crippen LogP contribution in [0.2, 0.25) is 0 Å². The summed E-state index contributed by atoms with van der Waals surface area (Å²) in [6.45, 7) is 3.69. The third-order valence-corrected chi connectivity index (χ3v) is 2.39. The third-order valence-electron chi connectivity index (χ3n) is 1.76. The lowest BCUT2D eigenvalue weighted by atomic mass is 9.97. The van der Waals surface area contributed by atoms with E-state index in [1.54, 1.807) is 18.5 Å². The van der Waals surface area contributed by atoms with Gasteiger partial charge in [-0.1, -0.05) is 0 Å². The Morgan fingerprint density at radius 3 is 2.85 bits per heavy atom. The molecule has 0 amide bonds. The average molecular weight is 241 g/mol. The fourth-order valence-corrected chi connectivity index (χ4v) is 1.78. The Labute approximate surface area is 85.0 Å². The van der Waals surface area contributed by atoms with Gasteiger partial charge in [-0.25, -0.2) is 4.79 Å². The smallest absolute Gasteiger partial charge is 0.235 e. The Morgan fingerprint density at radius 2 is 2.31 bits per heavy atom. The number of isocyanates is 1. The van der Waals surface area contributed by atoms with Crippen molar-refractivity contribution >= 4 is 22.0 Å². The van der Waals surface area contributed by atoms with Crippen molar-refractivity contribution < 1.29 is 4.79 Å². The van der Waals surface area contributed by atoms with Crippen LogP contribution in [0.15, 0.2) is 27.9 Å². The van der Waals surface area contributed by atoms with E-state index < -0.39 is 5.54 Å². The molecule has 3 nitrogen and oxygen atoms in total. The summed E-state index contributed by atoms with van der Waals surface area (Å²) in [6.07, 6.45) is 4.91. The fourth-order valence-electron chi connectivity index (χ4n) is 1.05. The first kappa shape index (κ1) is 10.1. The second-order valence-corrected chi connectivity index (χ2v) is 3.97. The molecule has 0 saturated heterocycles. The highest BCUT2D eigenvalue weighted by Gasteiger charge is 2.21. The van der Waals surface area contributed by atoms with Crippen LogP contribution in [-0.4, -0.2) is 11.1 Å². The van der Waals surface area contributed by atoms with Crippen molar-refractivity contribution in [3.8, 4) is 0 Å². The summed E-state index contributed by atoms with van der Waals surface area (Å²) in [5.74, 6) is 0. The summed E-state index contributed by atoms with van der Waals surface area (Å²) in [6, 6.07) is 1.82. The molecule has 1 aromatic heterocycles.